The zero-order valence-corrected chi connectivity index (χ0v) is 16.6. The molecule has 142 valence electrons. The van der Waals surface area contributed by atoms with Crippen LogP contribution >= 0.6 is 11.3 Å². The summed E-state index contributed by atoms with van der Waals surface area (Å²) in [6, 6.07) is 6.46. The number of rotatable bonds is 8. The number of hydrogen-bond acceptors (Lipinski definition) is 4. The maximum Gasteiger partial charge on any atom is 0.191 e. The molecular formula is C19H27FN4OS. The van der Waals surface area contributed by atoms with Crippen LogP contribution in [0.1, 0.15) is 35.8 Å². The molecule has 1 heterocycles. The van der Waals surface area contributed by atoms with Crippen molar-refractivity contribution >= 4 is 17.3 Å². The summed E-state index contributed by atoms with van der Waals surface area (Å²) in [6.45, 7) is 9.92. The lowest BCUT2D eigenvalue weighted by Gasteiger charge is -2.20. The van der Waals surface area contributed by atoms with Gasteiger partial charge in [0.25, 0.3) is 0 Å². The molecule has 1 atom stereocenters. The first-order valence-electron chi connectivity index (χ1n) is 8.89. The highest BCUT2D eigenvalue weighted by Gasteiger charge is 2.12. The maximum absolute atomic E-state index is 13.8. The van der Waals surface area contributed by atoms with E-state index in [4.69, 9.17) is 4.74 Å². The molecule has 0 aliphatic carbocycles. The van der Waals surface area contributed by atoms with Gasteiger partial charge < -0.3 is 15.4 Å². The van der Waals surface area contributed by atoms with E-state index in [2.05, 4.69) is 27.5 Å². The minimum absolute atomic E-state index is 0.153. The highest BCUT2D eigenvalue weighted by atomic mass is 32.1. The fraction of sp³-hybridized carbons (Fsp3) is 0.474. The van der Waals surface area contributed by atoms with Crippen LogP contribution in [0.5, 0.6) is 5.75 Å². The van der Waals surface area contributed by atoms with E-state index in [9.17, 15) is 4.39 Å². The van der Waals surface area contributed by atoms with Crippen molar-refractivity contribution < 1.29 is 9.13 Å². The van der Waals surface area contributed by atoms with Crippen LogP contribution in [-0.2, 0) is 6.54 Å². The fourth-order valence-electron chi connectivity index (χ4n) is 2.29. The molecule has 1 aromatic carbocycles. The number of guanidine groups is 1. The Kier molecular flexibility index (Phi) is 7.84. The Bertz CT molecular complexity index is 713. The summed E-state index contributed by atoms with van der Waals surface area (Å²) in [4.78, 5) is 10.3. The van der Waals surface area contributed by atoms with Crippen LogP contribution in [0.4, 0.5) is 4.39 Å². The zero-order valence-electron chi connectivity index (χ0n) is 15.8. The van der Waals surface area contributed by atoms with Crippen LogP contribution in [0.25, 0.3) is 0 Å². The van der Waals surface area contributed by atoms with Gasteiger partial charge in [0.1, 0.15) is 11.1 Å². The zero-order chi connectivity index (χ0) is 18.9. The molecule has 0 aliphatic heterocycles. The Morgan fingerprint density at radius 2 is 2.04 bits per heavy atom. The molecule has 0 bridgehead atoms. The summed E-state index contributed by atoms with van der Waals surface area (Å²) in [5.41, 5.74) is 1.06. The van der Waals surface area contributed by atoms with E-state index >= 15 is 0 Å². The molecule has 0 radical (unpaired) electrons. The van der Waals surface area contributed by atoms with Crippen molar-refractivity contribution in [2.75, 3.05) is 13.1 Å². The minimum Gasteiger partial charge on any atom is -0.486 e. The molecule has 0 saturated heterocycles. The Hall–Kier alpha value is -2.15. The number of nitrogens with one attached hydrogen (secondary N) is 2. The van der Waals surface area contributed by atoms with Crippen LogP contribution in [-0.4, -0.2) is 30.1 Å². The van der Waals surface area contributed by atoms with Crippen molar-refractivity contribution in [2.45, 2.75) is 46.8 Å². The lowest BCUT2D eigenvalue weighted by atomic mass is 10.2. The van der Waals surface area contributed by atoms with Crippen molar-refractivity contribution in [3.05, 3.63) is 45.7 Å². The molecular weight excluding hydrogens is 351 g/mol. The number of thiazole rings is 1. The molecule has 26 heavy (non-hydrogen) atoms. The molecule has 0 spiro atoms. The molecule has 7 heteroatoms. The lowest BCUT2D eigenvalue weighted by molar-refractivity contribution is 0.191. The number of aliphatic imine (C=N–C) groups is 1. The van der Waals surface area contributed by atoms with E-state index < -0.39 is 0 Å². The van der Waals surface area contributed by atoms with E-state index in [1.165, 1.54) is 10.9 Å². The summed E-state index contributed by atoms with van der Waals surface area (Å²) < 4.78 is 19.5. The third kappa shape index (κ3) is 5.98. The van der Waals surface area contributed by atoms with E-state index in [0.29, 0.717) is 19.0 Å². The van der Waals surface area contributed by atoms with Crippen LogP contribution in [0, 0.1) is 19.7 Å². The van der Waals surface area contributed by atoms with E-state index in [1.54, 1.807) is 29.5 Å². The number of halogens is 1. The number of hydrogen-bond donors (Lipinski definition) is 2. The lowest BCUT2D eigenvalue weighted by Crippen LogP contribution is -2.42. The Morgan fingerprint density at radius 1 is 1.27 bits per heavy atom. The van der Waals surface area contributed by atoms with Gasteiger partial charge in [-0.3, -0.25) is 0 Å². The van der Waals surface area contributed by atoms with Gasteiger partial charge in [0.2, 0.25) is 0 Å². The van der Waals surface area contributed by atoms with Crippen molar-refractivity contribution in [3.63, 3.8) is 0 Å². The largest absolute Gasteiger partial charge is 0.486 e. The molecule has 1 unspecified atom stereocenters. The van der Waals surface area contributed by atoms with Crippen LogP contribution < -0.4 is 15.4 Å². The third-order valence-electron chi connectivity index (χ3n) is 3.87. The Labute approximate surface area is 158 Å². The van der Waals surface area contributed by atoms with Gasteiger partial charge in [0.15, 0.2) is 17.5 Å². The van der Waals surface area contributed by atoms with E-state index in [1.807, 2.05) is 20.8 Å². The van der Waals surface area contributed by atoms with Crippen LogP contribution in [0.3, 0.4) is 0 Å². The van der Waals surface area contributed by atoms with Crippen molar-refractivity contribution in [2.24, 2.45) is 4.99 Å². The second-order valence-corrected chi connectivity index (χ2v) is 7.19. The summed E-state index contributed by atoms with van der Waals surface area (Å²) in [5, 5.41) is 7.48. The summed E-state index contributed by atoms with van der Waals surface area (Å²) in [7, 11) is 0. The van der Waals surface area contributed by atoms with Crippen LogP contribution in [0.2, 0.25) is 0 Å². The third-order valence-corrected chi connectivity index (χ3v) is 4.93. The van der Waals surface area contributed by atoms with Gasteiger partial charge in [0, 0.05) is 11.4 Å². The standard InChI is InChI=1S/C19H27FN4OS/c1-5-15(25-17-10-8-7-9-16(17)20)11-22-19(21-6-2)23-12-18-24-13(3)14(4)26-18/h7-10,15H,5-6,11-12H2,1-4H3,(H2,21,22,23). The SMILES string of the molecule is CCNC(=NCc1nc(C)c(C)s1)NCC(CC)Oc1ccccc1F. The Morgan fingerprint density at radius 3 is 2.65 bits per heavy atom. The van der Waals surface area contributed by atoms with Crippen molar-refractivity contribution in [1.82, 2.24) is 15.6 Å². The molecule has 5 nitrogen and oxygen atoms in total. The monoisotopic (exact) mass is 378 g/mol. The number of aromatic nitrogens is 1. The maximum atomic E-state index is 13.8. The van der Waals surface area contributed by atoms with Gasteiger partial charge >= 0.3 is 0 Å². The number of para-hydroxylation sites is 1. The molecule has 2 aromatic rings. The number of aryl methyl sites for hydroxylation is 2. The summed E-state index contributed by atoms with van der Waals surface area (Å²) in [6.07, 6.45) is 0.603. The fourth-order valence-corrected chi connectivity index (χ4v) is 3.15. The second-order valence-electron chi connectivity index (χ2n) is 5.90. The predicted molar refractivity (Wildman–Crippen MR) is 106 cm³/mol. The van der Waals surface area contributed by atoms with E-state index in [-0.39, 0.29) is 17.7 Å². The number of nitrogens with zero attached hydrogens (tertiary/aromatic N) is 2. The first kappa shape index (κ1) is 20.2. The smallest absolute Gasteiger partial charge is 0.191 e. The quantitative estimate of drug-likeness (QED) is 0.542. The topological polar surface area (TPSA) is 58.5 Å². The Balaban J connectivity index is 1.94. The molecule has 0 saturated carbocycles. The highest BCUT2D eigenvalue weighted by molar-refractivity contribution is 7.11. The normalized spacial score (nSPS) is 12.7. The predicted octanol–water partition coefficient (Wildman–Crippen LogP) is 3.81. The van der Waals surface area contributed by atoms with Gasteiger partial charge in [-0.25, -0.2) is 14.4 Å². The second kappa shape index (κ2) is 10.1. The first-order chi connectivity index (χ1) is 12.5. The van der Waals surface area contributed by atoms with Gasteiger partial charge in [-0.05, 0) is 39.3 Å². The van der Waals surface area contributed by atoms with Crippen LogP contribution in [0.15, 0.2) is 29.3 Å². The highest BCUT2D eigenvalue weighted by Crippen LogP contribution is 2.18. The van der Waals surface area contributed by atoms with Crippen molar-refractivity contribution in [1.29, 1.82) is 0 Å². The summed E-state index contributed by atoms with van der Waals surface area (Å²) in [5.74, 6) is 0.631. The number of benzene rings is 1. The van der Waals surface area contributed by atoms with Gasteiger partial charge in [0.05, 0.1) is 18.8 Å². The van der Waals surface area contributed by atoms with Gasteiger partial charge in [-0.1, -0.05) is 19.1 Å². The molecule has 0 aliphatic rings. The minimum atomic E-state index is -0.346. The first-order valence-corrected chi connectivity index (χ1v) is 9.71. The van der Waals surface area contributed by atoms with Gasteiger partial charge in [-0.15, -0.1) is 11.3 Å². The molecule has 2 N–H and O–H groups in total. The molecule has 1 aromatic heterocycles. The van der Waals surface area contributed by atoms with Gasteiger partial charge in [-0.2, -0.15) is 0 Å². The molecule has 0 fully saturated rings. The van der Waals surface area contributed by atoms with Crippen molar-refractivity contribution in [3.8, 4) is 5.75 Å². The summed E-state index contributed by atoms with van der Waals surface area (Å²) >= 11 is 1.67. The number of ether oxygens (including phenoxy) is 1. The molecule has 0 amide bonds. The average Bonchev–Trinajstić information content (AvgIpc) is 2.95. The average molecular weight is 379 g/mol. The molecule has 2 rings (SSSR count). The van der Waals surface area contributed by atoms with E-state index in [0.717, 1.165) is 23.7 Å².